The number of carbonyl (C=O) groups is 2. The van der Waals surface area contributed by atoms with E-state index in [-0.39, 0.29) is 17.2 Å². The van der Waals surface area contributed by atoms with Gasteiger partial charge < -0.3 is 19.9 Å². The average molecular weight is 333 g/mol. The molecule has 1 aromatic carbocycles. The number of aliphatic carboxylic acids is 1. The lowest BCUT2D eigenvalue weighted by molar-refractivity contribution is -0.140. The third-order valence-electron chi connectivity index (χ3n) is 5.20. The summed E-state index contributed by atoms with van der Waals surface area (Å²) in [4.78, 5) is 23.1. The van der Waals surface area contributed by atoms with Gasteiger partial charge in [0.25, 0.3) is 0 Å². The topological polar surface area (TPSA) is 84.9 Å². The molecule has 1 aliphatic heterocycles. The van der Waals surface area contributed by atoms with E-state index in [0.717, 1.165) is 24.2 Å². The molecule has 0 aromatic heterocycles. The van der Waals surface area contributed by atoms with E-state index < -0.39 is 11.9 Å². The van der Waals surface area contributed by atoms with Crippen molar-refractivity contribution in [2.24, 2.45) is 11.8 Å². The molecule has 2 aliphatic rings. The molecule has 6 nitrogen and oxygen atoms in total. The van der Waals surface area contributed by atoms with Crippen molar-refractivity contribution in [3.05, 3.63) is 29.8 Å². The Morgan fingerprint density at radius 3 is 2.46 bits per heavy atom. The van der Waals surface area contributed by atoms with Crippen LogP contribution in [0.4, 0.5) is 0 Å². The van der Waals surface area contributed by atoms with Crippen LogP contribution in [0, 0.1) is 11.8 Å². The Morgan fingerprint density at radius 2 is 1.92 bits per heavy atom. The summed E-state index contributed by atoms with van der Waals surface area (Å²) in [5, 5.41) is 11.9. The number of hydrogen-bond donors (Lipinski definition) is 2. The quantitative estimate of drug-likeness (QED) is 0.826. The van der Waals surface area contributed by atoms with Crippen LogP contribution in [-0.4, -0.2) is 43.9 Å². The zero-order chi connectivity index (χ0) is 17.2. The molecule has 1 heterocycles. The Kier molecular flexibility index (Phi) is 4.76. The highest BCUT2D eigenvalue weighted by atomic mass is 16.5. The van der Waals surface area contributed by atoms with Gasteiger partial charge >= 0.3 is 5.97 Å². The molecule has 1 saturated heterocycles. The van der Waals surface area contributed by atoms with Gasteiger partial charge in [0.05, 0.1) is 18.9 Å². The van der Waals surface area contributed by atoms with Crippen molar-refractivity contribution in [2.75, 3.05) is 26.9 Å². The highest BCUT2D eigenvalue weighted by Crippen LogP contribution is 2.40. The van der Waals surface area contributed by atoms with Crippen LogP contribution in [0.25, 0.3) is 0 Å². The number of rotatable bonds is 6. The van der Waals surface area contributed by atoms with Gasteiger partial charge in [0.2, 0.25) is 5.91 Å². The number of benzene rings is 1. The summed E-state index contributed by atoms with van der Waals surface area (Å²) in [5.74, 6) is -1.13. The predicted molar refractivity (Wildman–Crippen MR) is 87.0 cm³/mol. The monoisotopic (exact) mass is 333 g/mol. The van der Waals surface area contributed by atoms with Crippen molar-refractivity contribution in [1.29, 1.82) is 0 Å². The summed E-state index contributed by atoms with van der Waals surface area (Å²) in [6.07, 6.45) is 2.10. The lowest BCUT2D eigenvalue weighted by atomic mass is 9.74. The molecule has 2 atom stereocenters. The molecule has 1 saturated carbocycles. The Labute approximate surface area is 141 Å². The molecular formula is C18H23NO5. The Bertz CT molecular complexity index is 606. The lowest BCUT2D eigenvalue weighted by Gasteiger charge is -2.38. The van der Waals surface area contributed by atoms with Crippen LogP contribution in [0.2, 0.25) is 0 Å². The molecule has 1 aromatic rings. The third kappa shape index (κ3) is 3.38. The molecule has 0 spiro atoms. The average Bonchev–Trinajstić information content (AvgIpc) is 3.42. The number of carboxylic acid groups (broad SMARTS) is 1. The maximum atomic E-state index is 12.2. The van der Waals surface area contributed by atoms with E-state index in [4.69, 9.17) is 14.6 Å². The number of carbonyl (C=O) groups excluding carboxylic acids is 1. The van der Waals surface area contributed by atoms with Crippen LogP contribution in [-0.2, 0) is 19.7 Å². The SMILES string of the molecule is COc1ccc(C2(CNC(=O)C3CC3C(=O)O)CCOCC2)cc1. The van der Waals surface area contributed by atoms with E-state index in [1.807, 2.05) is 24.3 Å². The summed E-state index contributed by atoms with van der Waals surface area (Å²) in [5.41, 5.74) is 0.978. The molecule has 0 bridgehead atoms. The Morgan fingerprint density at radius 1 is 1.25 bits per heavy atom. The molecule has 2 unspecified atom stereocenters. The van der Waals surface area contributed by atoms with Crippen LogP contribution >= 0.6 is 0 Å². The lowest BCUT2D eigenvalue weighted by Crippen LogP contribution is -2.45. The number of amides is 1. The van der Waals surface area contributed by atoms with Gasteiger partial charge in [-0.25, -0.2) is 0 Å². The van der Waals surface area contributed by atoms with Crippen LogP contribution in [0.3, 0.4) is 0 Å². The Balaban J connectivity index is 1.69. The highest BCUT2D eigenvalue weighted by molar-refractivity contribution is 5.89. The normalized spacial score (nSPS) is 24.9. The molecule has 24 heavy (non-hydrogen) atoms. The number of carboxylic acids is 1. The summed E-state index contributed by atoms with van der Waals surface area (Å²) in [6, 6.07) is 7.92. The van der Waals surface area contributed by atoms with Gasteiger partial charge in [0.1, 0.15) is 5.75 Å². The zero-order valence-electron chi connectivity index (χ0n) is 13.8. The van der Waals surface area contributed by atoms with Gasteiger partial charge in [0, 0.05) is 25.2 Å². The molecule has 2 N–H and O–H groups in total. The summed E-state index contributed by atoms with van der Waals surface area (Å²) < 4.78 is 10.7. The first-order chi connectivity index (χ1) is 11.6. The molecule has 6 heteroatoms. The van der Waals surface area contributed by atoms with Gasteiger partial charge in [0.15, 0.2) is 0 Å². The minimum atomic E-state index is -0.883. The number of nitrogens with one attached hydrogen (secondary N) is 1. The van der Waals surface area contributed by atoms with Gasteiger partial charge in [-0.2, -0.15) is 0 Å². The van der Waals surface area contributed by atoms with Crippen molar-refractivity contribution in [3.8, 4) is 5.75 Å². The van der Waals surface area contributed by atoms with Gasteiger partial charge in [-0.05, 0) is 37.0 Å². The number of hydrogen-bond acceptors (Lipinski definition) is 4. The van der Waals surface area contributed by atoms with E-state index in [2.05, 4.69) is 5.32 Å². The zero-order valence-corrected chi connectivity index (χ0v) is 13.8. The van der Waals surface area contributed by atoms with Crippen LogP contribution < -0.4 is 10.1 Å². The second-order valence-electron chi connectivity index (χ2n) is 6.63. The molecule has 1 amide bonds. The smallest absolute Gasteiger partial charge is 0.307 e. The first kappa shape index (κ1) is 16.8. The summed E-state index contributed by atoms with van der Waals surface area (Å²) in [7, 11) is 1.63. The van der Waals surface area contributed by atoms with Crippen molar-refractivity contribution in [3.63, 3.8) is 0 Å². The van der Waals surface area contributed by atoms with Crippen molar-refractivity contribution < 1.29 is 24.2 Å². The highest BCUT2D eigenvalue weighted by Gasteiger charge is 2.48. The minimum Gasteiger partial charge on any atom is -0.497 e. The fourth-order valence-corrected chi connectivity index (χ4v) is 3.42. The van der Waals surface area contributed by atoms with E-state index in [1.165, 1.54) is 0 Å². The fraction of sp³-hybridized carbons (Fsp3) is 0.556. The van der Waals surface area contributed by atoms with Crippen molar-refractivity contribution in [2.45, 2.75) is 24.7 Å². The van der Waals surface area contributed by atoms with Gasteiger partial charge in [-0.15, -0.1) is 0 Å². The van der Waals surface area contributed by atoms with Gasteiger partial charge in [-0.1, -0.05) is 12.1 Å². The molecule has 1 aliphatic carbocycles. The molecule has 130 valence electrons. The number of ether oxygens (including phenoxy) is 2. The summed E-state index contributed by atoms with van der Waals surface area (Å²) >= 11 is 0. The van der Waals surface area contributed by atoms with E-state index in [1.54, 1.807) is 7.11 Å². The van der Waals surface area contributed by atoms with E-state index >= 15 is 0 Å². The molecule has 3 rings (SSSR count). The standard InChI is InChI=1S/C18H23NO5/c1-23-13-4-2-12(3-5-13)18(6-8-24-9-7-18)11-19-16(20)14-10-15(14)17(21)22/h2-5,14-15H,6-11H2,1H3,(H,19,20)(H,21,22). The first-order valence-corrected chi connectivity index (χ1v) is 8.28. The van der Waals surface area contributed by atoms with Crippen molar-refractivity contribution in [1.82, 2.24) is 5.32 Å². The molecular weight excluding hydrogens is 310 g/mol. The largest absolute Gasteiger partial charge is 0.497 e. The fourth-order valence-electron chi connectivity index (χ4n) is 3.42. The van der Waals surface area contributed by atoms with Crippen LogP contribution in [0.15, 0.2) is 24.3 Å². The summed E-state index contributed by atoms with van der Waals surface area (Å²) in [6.45, 7) is 1.82. The van der Waals surface area contributed by atoms with Crippen LogP contribution in [0.5, 0.6) is 5.75 Å². The first-order valence-electron chi connectivity index (χ1n) is 8.28. The van der Waals surface area contributed by atoms with Crippen molar-refractivity contribution >= 4 is 11.9 Å². The third-order valence-corrected chi connectivity index (χ3v) is 5.20. The number of methoxy groups -OCH3 is 1. The van der Waals surface area contributed by atoms with E-state index in [0.29, 0.717) is 26.2 Å². The van der Waals surface area contributed by atoms with Gasteiger partial charge in [-0.3, -0.25) is 9.59 Å². The Hall–Kier alpha value is -2.08. The molecule has 2 fully saturated rings. The maximum absolute atomic E-state index is 12.2. The maximum Gasteiger partial charge on any atom is 0.307 e. The second kappa shape index (κ2) is 6.81. The molecule has 0 radical (unpaired) electrons. The van der Waals surface area contributed by atoms with Crippen LogP contribution in [0.1, 0.15) is 24.8 Å². The van der Waals surface area contributed by atoms with E-state index in [9.17, 15) is 9.59 Å². The second-order valence-corrected chi connectivity index (χ2v) is 6.63. The predicted octanol–water partition coefficient (Wildman–Crippen LogP) is 1.58. The minimum absolute atomic E-state index is 0.151.